The third-order valence-electron chi connectivity index (χ3n) is 4.00. The van der Waals surface area contributed by atoms with Crippen molar-refractivity contribution in [2.45, 2.75) is 39.5 Å². The van der Waals surface area contributed by atoms with Crippen LogP contribution in [-0.4, -0.2) is 12.6 Å². The smallest absolute Gasteiger partial charge is 0.335 e. The van der Waals surface area contributed by atoms with Gasteiger partial charge in [-0.1, -0.05) is 42.6 Å². The number of nitrogens with one attached hydrogen (secondary N) is 1. The third-order valence-corrected chi connectivity index (χ3v) is 4.56. The maximum Gasteiger partial charge on any atom is 0.335 e. The minimum Gasteiger partial charge on any atom is -0.463 e. The molecule has 1 aliphatic rings. The summed E-state index contributed by atoms with van der Waals surface area (Å²) in [6.45, 7) is 13.5. The molecule has 0 aromatic heterocycles. The van der Waals surface area contributed by atoms with Crippen molar-refractivity contribution in [1.82, 2.24) is 5.32 Å². The van der Waals surface area contributed by atoms with Gasteiger partial charge in [-0.2, -0.15) is 0 Å². The molecule has 132 valence electrons. The lowest BCUT2D eigenvalue weighted by Crippen LogP contribution is -2.29. The molecule has 1 heterocycles. The number of carbonyl (C=O) groups excluding carboxylic acids is 1. The Kier molecular flexibility index (Phi) is 6.52. The average Bonchev–Trinajstić information content (AvgIpc) is 2.55. The van der Waals surface area contributed by atoms with Crippen LogP contribution in [0.15, 0.2) is 40.9 Å². The van der Waals surface area contributed by atoms with Gasteiger partial charge in [0.05, 0.1) is 24.7 Å². The van der Waals surface area contributed by atoms with Crippen LogP contribution in [-0.2, 0) is 9.53 Å². The number of allylic oxidation sites excluding steroid dienone is 3. The van der Waals surface area contributed by atoms with E-state index in [1.165, 1.54) is 0 Å². The predicted molar refractivity (Wildman–Crippen MR) is 100 cm³/mol. The number of hydrogen-bond acceptors (Lipinski definition) is 3. The Balaban J connectivity index is 2.71. The van der Waals surface area contributed by atoms with Crippen LogP contribution < -0.4 is 5.32 Å². The first-order valence-electron chi connectivity index (χ1n) is 8.14. The molecular formula is C19H20Cl2N2O2. The summed E-state index contributed by atoms with van der Waals surface area (Å²) >= 11 is 12.4. The molecule has 0 saturated carbocycles. The molecular weight excluding hydrogens is 359 g/mol. The van der Waals surface area contributed by atoms with Crippen molar-refractivity contribution >= 4 is 29.2 Å². The molecule has 1 aromatic carbocycles. The summed E-state index contributed by atoms with van der Waals surface area (Å²) < 4.78 is 5.27. The van der Waals surface area contributed by atoms with Crippen LogP contribution in [0.5, 0.6) is 0 Å². The Morgan fingerprint density at radius 1 is 1.36 bits per heavy atom. The molecule has 6 heteroatoms. The average molecular weight is 379 g/mol. The number of dihydropyridines is 1. The van der Waals surface area contributed by atoms with E-state index < -0.39 is 11.9 Å². The summed E-state index contributed by atoms with van der Waals surface area (Å²) in [6, 6.07) is 5.10. The fourth-order valence-electron chi connectivity index (χ4n) is 2.97. The SMILES string of the molecule is [C-]#[N+]C1=C(C)NC(CCC)=C(C(=O)OCC)C1c1ccc(Cl)cc1Cl. The number of rotatable bonds is 5. The van der Waals surface area contributed by atoms with E-state index in [2.05, 4.69) is 10.2 Å². The molecule has 0 aliphatic carbocycles. The van der Waals surface area contributed by atoms with Crippen LogP contribution in [0.25, 0.3) is 4.85 Å². The molecule has 1 aromatic rings. The van der Waals surface area contributed by atoms with Gasteiger partial charge in [0.2, 0.25) is 0 Å². The number of benzene rings is 1. The zero-order valence-corrected chi connectivity index (χ0v) is 16.0. The Bertz CT molecular complexity index is 791. The number of carbonyl (C=O) groups is 1. The van der Waals surface area contributed by atoms with Gasteiger partial charge in [-0.3, -0.25) is 0 Å². The fraction of sp³-hybridized carbons (Fsp3) is 0.368. The Hall–Kier alpha value is -1.96. The first-order valence-corrected chi connectivity index (χ1v) is 8.90. The van der Waals surface area contributed by atoms with Crippen LogP contribution in [0, 0.1) is 6.57 Å². The molecule has 0 saturated heterocycles. The van der Waals surface area contributed by atoms with Crippen LogP contribution >= 0.6 is 23.2 Å². The fourth-order valence-corrected chi connectivity index (χ4v) is 3.49. The van der Waals surface area contributed by atoms with Crippen LogP contribution in [0.2, 0.25) is 10.0 Å². The molecule has 0 spiro atoms. The second-order valence-corrected chi connectivity index (χ2v) is 6.55. The van der Waals surface area contributed by atoms with Crippen molar-refractivity contribution in [2.75, 3.05) is 6.61 Å². The zero-order chi connectivity index (χ0) is 18.6. The van der Waals surface area contributed by atoms with Gasteiger partial charge in [-0.05, 0) is 38.0 Å². The number of ether oxygens (including phenoxy) is 1. The van der Waals surface area contributed by atoms with Crippen LogP contribution in [0.1, 0.15) is 45.1 Å². The lowest BCUT2D eigenvalue weighted by molar-refractivity contribution is -0.138. The molecule has 0 radical (unpaired) electrons. The number of nitrogens with zero attached hydrogens (tertiary/aromatic N) is 1. The molecule has 0 amide bonds. The van der Waals surface area contributed by atoms with Crippen molar-refractivity contribution in [3.05, 3.63) is 67.9 Å². The summed E-state index contributed by atoms with van der Waals surface area (Å²) in [5.74, 6) is -0.993. The quantitative estimate of drug-likeness (QED) is 0.547. The zero-order valence-electron chi connectivity index (χ0n) is 14.5. The van der Waals surface area contributed by atoms with Crippen molar-refractivity contribution in [1.29, 1.82) is 0 Å². The minimum atomic E-state index is -0.566. The summed E-state index contributed by atoms with van der Waals surface area (Å²) in [5, 5.41) is 4.14. The lowest BCUT2D eigenvalue weighted by atomic mass is 9.83. The number of hydrogen-bond donors (Lipinski definition) is 1. The maximum atomic E-state index is 12.7. The second-order valence-electron chi connectivity index (χ2n) is 5.71. The molecule has 4 nitrogen and oxygen atoms in total. The van der Waals surface area contributed by atoms with Gasteiger partial charge in [-0.25, -0.2) is 9.64 Å². The molecule has 2 rings (SSSR count). The molecule has 25 heavy (non-hydrogen) atoms. The molecule has 1 atom stereocenters. The summed E-state index contributed by atoms with van der Waals surface area (Å²) in [4.78, 5) is 16.4. The van der Waals surface area contributed by atoms with Crippen LogP contribution in [0.3, 0.4) is 0 Å². The van der Waals surface area contributed by atoms with E-state index in [0.717, 1.165) is 17.8 Å². The Labute approximate surface area is 158 Å². The highest BCUT2D eigenvalue weighted by molar-refractivity contribution is 6.35. The van der Waals surface area contributed by atoms with Crippen molar-refractivity contribution in [2.24, 2.45) is 0 Å². The summed E-state index contributed by atoms with van der Waals surface area (Å²) in [5.41, 5.74) is 3.07. The first-order chi connectivity index (χ1) is 11.9. The minimum absolute atomic E-state index is 0.263. The van der Waals surface area contributed by atoms with Gasteiger partial charge in [0, 0.05) is 21.4 Å². The van der Waals surface area contributed by atoms with E-state index in [1.54, 1.807) is 25.1 Å². The van der Waals surface area contributed by atoms with Gasteiger partial charge in [0.25, 0.3) is 0 Å². The van der Waals surface area contributed by atoms with Gasteiger partial charge in [0.15, 0.2) is 5.70 Å². The Morgan fingerprint density at radius 2 is 2.08 bits per heavy atom. The monoisotopic (exact) mass is 378 g/mol. The highest BCUT2D eigenvalue weighted by atomic mass is 35.5. The summed E-state index contributed by atoms with van der Waals surface area (Å²) in [6.07, 6.45) is 1.53. The lowest BCUT2D eigenvalue weighted by Gasteiger charge is -2.30. The van der Waals surface area contributed by atoms with E-state index in [0.29, 0.717) is 33.3 Å². The predicted octanol–water partition coefficient (Wildman–Crippen LogP) is 5.45. The van der Waals surface area contributed by atoms with Gasteiger partial charge < -0.3 is 10.1 Å². The van der Waals surface area contributed by atoms with Crippen molar-refractivity contribution < 1.29 is 9.53 Å². The molecule has 0 fully saturated rings. The second kappa shape index (κ2) is 8.42. The van der Waals surface area contributed by atoms with E-state index in [4.69, 9.17) is 34.5 Å². The Morgan fingerprint density at radius 3 is 2.64 bits per heavy atom. The maximum absolute atomic E-state index is 12.7. The topological polar surface area (TPSA) is 42.7 Å². The first kappa shape index (κ1) is 19.4. The highest BCUT2D eigenvalue weighted by Gasteiger charge is 2.36. The summed E-state index contributed by atoms with van der Waals surface area (Å²) in [7, 11) is 0. The van der Waals surface area contributed by atoms with Crippen LogP contribution in [0.4, 0.5) is 0 Å². The molecule has 0 bridgehead atoms. The van der Waals surface area contributed by atoms with Gasteiger partial charge in [-0.15, -0.1) is 0 Å². The van der Waals surface area contributed by atoms with E-state index in [-0.39, 0.29) is 6.61 Å². The standard InChI is InChI=1S/C19H20Cl2N2O2/c1-5-7-15-17(19(24)25-6-2)16(18(22-4)11(3)23-15)13-9-8-12(20)10-14(13)21/h8-10,16,23H,5-7H2,1-3H3. The van der Waals surface area contributed by atoms with E-state index >= 15 is 0 Å². The molecule has 1 N–H and O–H groups in total. The van der Waals surface area contributed by atoms with Gasteiger partial charge in [0.1, 0.15) is 0 Å². The highest BCUT2D eigenvalue weighted by Crippen LogP contribution is 2.43. The molecule has 1 aliphatic heterocycles. The van der Waals surface area contributed by atoms with E-state index in [9.17, 15) is 4.79 Å². The largest absolute Gasteiger partial charge is 0.463 e. The normalized spacial score (nSPS) is 17.2. The van der Waals surface area contributed by atoms with Crippen molar-refractivity contribution in [3.8, 4) is 0 Å². The van der Waals surface area contributed by atoms with E-state index in [1.807, 2.05) is 13.8 Å². The number of halogens is 2. The van der Waals surface area contributed by atoms with Gasteiger partial charge >= 0.3 is 5.97 Å². The van der Waals surface area contributed by atoms with Crippen molar-refractivity contribution in [3.63, 3.8) is 0 Å². The molecule has 1 unspecified atom stereocenters. The third kappa shape index (κ3) is 4.00. The number of esters is 1.